The third-order valence-corrected chi connectivity index (χ3v) is 6.40. The standard InChI is InChI=1S/C19H25F3N6O2S/c1-31(29,30)26-9-7-16-27-15-10-24-18-14(6-8-23-18)17(15)28(16)13-4-2-12(3-5-13)25-11-19(20,21)22/h6,8,10,12-13,25-26H,2-5,7,9,11H2,1H3,(H,23,24). The highest BCUT2D eigenvalue weighted by Gasteiger charge is 2.31. The van der Waals surface area contributed by atoms with E-state index in [4.69, 9.17) is 4.98 Å². The van der Waals surface area contributed by atoms with Gasteiger partial charge in [0.05, 0.1) is 24.5 Å². The molecular formula is C19H25F3N6O2S. The molecule has 0 aliphatic heterocycles. The van der Waals surface area contributed by atoms with Crippen LogP contribution in [0.1, 0.15) is 37.5 Å². The van der Waals surface area contributed by atoms with Gasteiger partial charge in [0, 0.05) is 36.6 Å². The summed E-state index contributed by atoms with van der Waals surface area (Å²) >= 11 is 0. The van der Waals surface area contributed by atoms with Gasteiger partial charge in [-0.25, -0.2) is 23.1 Å². The molecule has 0 saturated heterocycles. The largest absolute Gasteiger partial charge is 0.401 e. The average Bonchev–Trinajstić information content (AvgIpc) is 3.29. The number of alkyl halides is 3. The molecule has 1 saturated carbocycles. The highest BCUT2D eigenvalue weighted by atomic mass is 32.2. The maximum Gasteiger partial charge on any atom is 0.401 e. The summed E-state index contributed by atoms with van der Waals surface area (Å²) in [5.41, 5.74) is 2.38. The van der Waals surface area contributed by atoms with E-state index in [1.165, 1.54) is 0 Å². The molecular weight excluding hydrogens is 433 g/mol. The zero-order valence-electron chi connectivity index (χ0n) is 17.0. The lowest BCUT2D eigenvalue weighted by molar-refractivity contribution is -0.126. The van der Waals surface area contributed by atoms with E-state index in [0.717, 1.165) is 34.1 Å². The lowest BCUT2D eigenvalue weighted by Crippen LogP contribution is -2.39. The lowest BCUT2D eigenvalue weighted by Gasteiger charge is -2.31. The van der Waals surface area contributed by atoms with Gasteiger partial charge in [-0.2, -0.15) is 13.2 Å². The predicted molar refractivity (Wildman–Crippen MR) is 111 cm³/mol. The predicted octanol–water partition coefficient (Wildman–Crippen LogP) is 2.64. The molecule has 3 aromatic heterocycles. The van der Waals surface area contributed by atoms with Crippen LogP contribution in [-0.4, -0.2) is 59.5 Å². The number of fused-ring (bicyclic) bond motifs is 3. The summed E-state index contributed by atoms with van der Waals surface area (Å²) in [5, 5.41) is 3.53. The summed E-state index contributed by atoms with van der Waals surface area (Å²) in [6.07, 6.45) is 3.46. The van der Waals surface area contributed by atoms with E-state index in [2.05, 4.69) is 24.6 Å². The minimum Gasteiger partial charge on any atom is -0.346 e. The Balaban J connectivity index is 1.60. The third kappa shape index (κ3) is 5.18. The van der Waals surface area contributed by atoms with Crippen LogP contribution in [0.25, 0.3) is 22.1 Å². The van der Waals surface area contributed by atoms with Crippen molar-refractivity contribution < 1.29 is 21.6 Å². The molecule has 0 radical (unpaired) electrons. The Labute approximate surface area is 177 Å². The summed E-state index contributed by atoms with van der Waals surface area (Å²) in [4.78, 5) is 12.2. The second-order valence-electron chi connectivity index (χ2n) is 8.05. The van der Waals surface area contributed by atoms with Crippen LogP contribution in [0.15, 0.2) is 18.5 Å². The summed E-state index contributed by atoms with van der Waals surface area (Å²) in [6.45, 7) is -0.761. The molecule has 31 heavy (non-hydrogen) atoms. The van der Waals surface area contributed by atoms with Gasteiger partial charge in [0.1, 0.15) is 17.0 Å². The maximum absolute atomic E-state index is 12.5. The van der Waals surface area contributed by atoms with Gasteiger partial charge in [-0.3, -0.25) is 0 Å². The molecule has 0 atom stereocenters. The van der Waals surface area contributed by atoms with Crippen molar-refractivity contribution in [1.29, 1.82) is 0 Å². The van der Waals surface area contributed by atoms with Gasteiger partial charge in [0.2, 0.25) is 10.0 Å². The molecule has 8 nitrogen and oxygen atoms in total. The van der Waals surface area contributed by atoms with Gasteiger partial charge < -0.3 is 14.9 Å². The summed E-state index contributed by atoms with van der Waals surface area (Å²) < 4.78 is 65.1. The van der Waals surface area contributed by atoms with Crippen molar-refractivity contribution in [1.82, 2.24) is 29.6 Å². The molecule has 1 aliphatic rings. The van der Waals surface area contributed by atoms with Gasteiger partial charge >= 0.3 is 6.18 Å². The zero-order chi connectivity index (χ0) is 22.2. The third-order valence-electron chi connectivity index (χ3n) is 5.67. The molecule has 1 fully saturated rings. The molecule has 0 bridgehead atoms. The quantitative estimate of drug-likeness (QED) is 0.505. The van der Waals surface area contributed by atoms with Gasteiger partial charge in [-0.05, 0) is 31.7 Å². The van der Waals surface area contributed by atoms with Crippen LogP contribution in [-0.2, 0) is 16.4 Å². The van der Waals surface area contributed by atoms with Crippen LogP contribution in [0.2, 0.25) is 0 Å². The molecule has 0 unspecified atom stereocenters. The molecule has 3 N–H and O–H groups in total. The first-order chi connectivity index (χ1) is 14.6. The van der Waals surface area contributed by atoms with Crippen LogP contribution in [0.3, 0.4) is 0 Å². The van der Waals surface area contributed by atoms with Crippen LogP contribution in [0.5, 0.6) is 0 Å². The first kappa shape index (κ1) is 22.0. The fraction of sp³-hybridized carbons (Fsp3) is 0.579. The van der Waals surface area contributed by atoms with Crippen molar-refractivity contribution in [3.63, 3.8) is 0 Å². The number of aromatic nitrogens is 4. The molecule has 170 valence electrons. The van der Waals surface area contributed by atoms with Gasteiger partial charge in [0.25, 0.3) is 0 Å². The Hall–Kier alpha value is -2.18. The number of nitrogens with one attached hydrogen (secondary N) is 3. The number of H-pyrrole nitrogens is 1. The number of nitrogens with zero attached hydrogens (tertiary/aromatic N) is 3. The lowest BCUT2D eigenvalue weighted by atomic mass is 9.90. The molecule has 0 spiro atoms. The smallest absolute Gasteiger partial charge is 0.346 e. The summed E-state index contributed by atoms with van der Waals surface area (Å²) in [7, 11) is -3.32. The van der Waals surface area contributed by atoms with Crippen molar-refractivity contribution in [3.05, 3.63) is 24.3 Å². The first-order valence-corrected chi connectivity index (χ1v) is 12.1. The maximum atomic E-state index is 12.5. The number of hydrogen-bond donors (Lipinski definition) is 3. The van der Waals surface area contributed by atoms with E-state index >= 15 is 0 Å². The van der Waals surface area contributed by atoms with E-state index in [1.54, 1.807) is 12.4 Å². The number of halogens is 3. The van der Waals surface area contributed by atoms with Crippen molar-refractivity contribution in [3.8, 4) is 0 Å². The molecule has 3 aromatic rings. The van der Waals surface area contributed by atoms with E-state index in [0.29, 0.717) is 32.1 Å². The SMILES string of the molecule is CS(=O)(=O)NCCc1nc2cnc3[nH]ccc3c2n1C1CCC(NCC(F)(F)F)CC1. The Morgan fingerprint density at radius 3 is 2.68 bits per heavy atom. The Morgan fingerprint density at radius 2 is 2.00 bits per heavy atom. The number of imidazole rings is 1. The van der Waals surface area contributed by atoms with Gasteiger partial charge in [-0.15, -0.1) is 0 Å². The average molecular weight is 459 g/mol. The van der Waals surface area contributed by atoms with E-state index < -0.39 is 22.7 Å². The molecule has 0 amide bonds. The minimum absolute atomic E-state index is 0.0719. The summed E-state index contributed by atoms with van der Waals surface area (Å²) in [6, 6.07) is 1.83. The highest BCUT2D eigenvalue weighted by molar-refractivity contribution is 7.88. The van der Waals surface area contributed by atoms with Crippen molar-refractivity contribution in [2.45, 2.75) is 50.4 Å². The van der Waals surface area contributed by atoms with Crippen molar-refractivity contribution in [2.24, 2.45) is 0 Å². The zero-order valence-corrected chi connectivity index (χ0v) is 17.9. The molecule has 3 heterocycles. The number of rotatable bonds is 7. The van der Waals surface area contributed by atoms with Gasteiger partial charge in [0.15, 0.2) is 0 Å². The number of hydrogen-bond acceptors (Lipinski definition) is 5. The monoisotopic (exact) mass is 458 g/mol. The van der Waals surface area contributed by atoms with Crippen molar-refractivity contribution in [2.75, 3.05) is 19.3 Å². The fourth-order valence-corrected chi connectivity index (χ4v) is 4.83. The Morgan fingerprint density at radius 1 is 1.26 bits per heavy atom. The minimum atomic E-state index is -4.22. The summed E-state index contributed by atoms with van der Waals surface area (Å²) in [5.74, 6) is 0.744. The number of pyridine rings is 1. The van der Waals surface area contributed by atoms with Crippen molar-refractivity contribution >= 4 is 32.1 Å². The second-order valence-corrected chi connectivity index (χ2v) is 9.88. The molecule has 0 aromatic carbocycles. The molecule has 1 aliphatic carbocycles. The van der Waals surface area contributed by atoms with Crippen LogP contribution in [0.4, 0.5) is 13.2 Å². The van der Waals surface area contributed by atoms with Crippen LogP contribution in [0, 0.1) is 0 Å². The molecule has 12 heteroatoms. The Bertz CT molecular complexity index is 1160. The fourth-order valence-electron chi connectivity index (χ4n) is 4.36. The number of aromatic amines is 1. The topological polar surface area (TPSA) is 105 Å². The first-order valence-electron chi connectivity index (χ1n) is 10.2. The number of sulfonamides is 1. The Kier molecular flexibility index (Phi) is 5.97. The van der Waals surface area contributed by atoms with E-state index in [1.807, 2.05) is 6.07 Å². The van der Waals surface area contributed by atoms with Crippen LogP contribution >= 0.6 is 0 Å². The van der Waals surface area contributed by atoms with Gasteiger partial charge in [-0.1, -0.05) is 0 Å². The highest BCUT2D eigenvalue weighted by Crippen LogP contribution is 2.35. The molecule has 4 rings (SSSR count). The van der Waals surface area contributed by atoms with Crippen LogP contribution < -0.4 is 10.0 Å². The van der Waals surface area contributed by atoms with E-state index in [9.17, 15) is 21.6 Å². The van der Waals surface area contributed by atoms with E-state index in [-0.39, 0.29) is 18.6 Å². The normalized spacial score (nSPS) is 20.6. The second kappa shape index (κ2) is 8.40.